The molecule has 19 heavy (non-hydrogen) atoms. The van der Waals surface area contributed by atoms with Crippen LogP contribution in [0.25, 0.3) is 0 Å². The summed E-state index contributed by atoms with van der Waals surface area (Å²) in [5.74, 6) is 0.795. The largest absolute Gasteiger partial charge is 0.326 e. The van der Waals surface area contributed by atoms with E-state index in [-0.39, 0.29) is 5.82 Å². The Morgan fingerprint density at radius 1 is 1.16 bits per heavy atom. The highest BCUT2D eigenvalue weighted by Gasteiger charge is 2.26. The van der Waals surface area contributed by atoms with Crippen molar-refractivity contribution in [1.82, 2.24) is 9.97 Å². The van der Waals surface area contributed by atoms with E-state index in [2.05, 4.69) is 9.97 Å². The topological polar surface area (TPSA) is 52.8 Å². The van der Waals surface area contributed by atoms with E-state index in [0.717, 1.165) is 24.2 Å². The molecule has 1 aromatic heterocycles. The van der Waals surface area contributed by atoms with Gasteiger partial charge in [-0.1, -0.05) is 23.2 Å². The molecular formula is C13H8Cl2N4. The number of rotatable bonds is 1. The molecule has 0 bridgehead atoms. The minimum absolute atomic E-state index is 0.0876. The van der Waals surface area contributed by atoms with Gasteiger partial charge in [0, 0.05) is 22.8 Å². The van der Waals surface area contributed by atoms with Crippen LogP contribution in [0.3, 0.4) is 0 Å². The van der Waals surface area contributed by atoms with Crippen LogP contribution >= 0.6 is 23.2 Å². The molecule has 6 heteroatoms. The van der Waals surface area contributed by atoms with Crippen molar-refractivity contribution in [3.63, 3.8) is 0 Å². The summed E-state index contributed by atoms with van der Waals surface area (Å²) in [5, 5.41) is 9.96. The van der Waals surface area contributed by atoms with Gasteiger partial charge in [0.05, 0.1) is 0 Å². The Morgan fingerprint density at radius 2 is 1.89 bits per heavy atom. The van der Waals surface area contributed by atoms with Gasteiger partial charge in [-0.2, -0.15) is 5.26 Å². The molecule has 94 valence electrons. The lowest BCUT2D eigenvalue weighted by molar-refractivity contribution is 0.989. The van der Waals surface area contributed by atoms with Crippen LogP contribution in [0.15, 0.2) is 24.3 Å². The zero-order chi connectivity index (χ0) is 13.4. The van der Waals surface area contributed by atoms with E-state index in [1.807, 2.05) is 35.2 Å². The molecule has 0 unspecified atom stereocenters. The van der Waals surface area contributed by atoms with Crippen molar-refractivity contribution in [3.8, 4) is 6.07 Å². The second-order valence-corrected chi connectivity index (χ2v) is 4.92. The molecule has 1 aliphatic rings. The van der Waals surface area contributed by atoms with Crippen LogP contribution in [0.5, 0.6) is 0 Å². The van der Waals surface area contributed by atoms with E-state index in [9.17, 15) is 0 Å². The smallest absolute Gasteiger partial charge is 0.235 e. The van der Waals surface area contributed by atoms with Gasteiger partial charge in [-0.25, -0.2) is 9.97 Å². The standard InChI is InChI=1S/C13H8Cl2N4/c14-8-1-3-9(4-2-8)19-6-5-10-12(15)17-11(7-16)18-13(10)19/h1-4H,5-6H2. The summed E-state index contributed by atoms with van der Waals surface area (Å²) in [6.45, 7) is 0.764. The molecule has 0 spiro atoms. The van der Waals surface area contributed by atoms with Crippen LogP contribution in [0.4, 0.5) is 11.5 Å². The summed E-state index contributed by atoms with van der Waals surface area (Å²) in [4.78, 5) is 10.2. The number of hydrogen-bond donors (Lipinski definition) is 0. The molecular weight excluding hydrogens is 283 g/mol. The van der Waals surface area contributed by atoms with Crippen molar-refractivity contribution in [2.24, 2.45) is 0 Å². The average molecular weight is 291 g/mol. The van der Waals surface area contributed by atoms with Gasteiger partial charge in [-0.05, 0) is 30.7 Å². The number of halogens is 2. The van der Waals surface area contributed by atoms with Gasteiger partial charge in [0.1, 0.15) is 17.0 Å². The van der Waals surface area contributed by atoms with Gasteiger partial charge in [-0.15, -0.1) is 0 Å². The lowest BCUT2D eigenvalue weighted by Crippen LogP contribution is -2.14. The summed E-state index contributed by atoms with van der Waals surface area (Å²) >= 11 is 12.0. The van der Waals surface area contributed by atoms with Crippen LogP contribution in [-0.2, 0) is 6.42 Å². The summed E-state index contributed by atoms with van der Waals surface area (Å²) in [6.07, 6.45) is 0.766. The highest BCUT2D eigenvalue weighted by molar-refractivity contribution is 6.31. The van der Waals surface area contributed by atoms with Crippen molar-refractivity contribution in [2.45, 2.75) is 6.42 Å². The molecule has 0 amide bonds. The lowest BCUT2D eigenvalue weighted by atomic mass is 10.3. The van der Waals surface area contributed by atoms with Crippen molar-refractivity contribution < 1.29 is 0 Å². The second-order valence-electron chi connectivity index (χ2n) is 4.13. The van der Waals surface area contributed by atoms with Crippen molar-refractivity contribution >= 4 is 34.7 Å². The molecule has 1 aromatic carbocycles. The van der Waals surface area contributed by atoms with Gasteiger partial charge in [0.25, 0.3) is 0 Å². The number of aromatic nitrogens is 2. The third kappa shape index (κ3) is 2.12. The normalized spacial score (nSPS) is 13.2. The predicted octanol–water partition coefficient (Wildman–Crippen LogP) is 3.35. The molecule has 3 rings (SSSR count). The minimum atomic E-state index is 0.0876. The Hall–Kier alpha value is -1.83. The quantitative estimate of drug-likeness (QED) is 0.756. The third-order valence-electron chi connectivity index (χ3n) is 3.01. The van der Waals surface area contributed by atoms with Crippen LogP contribution in [-0.4, -0.2) is 16.5 Å². The lowest BCUT2D eigenvalue weighted by Gasteiger charge is -2.18. The van der Waals surface area contributed by atoms with Gasteiger partial charge in [0.2, 0.25) is 5.82 Å². The monoisotopic (exact) mass is 290 g/mol. The summed E-state index contributed by atoms with van der Waals surface area (Å²) in [5.41, 5.74) is 1.86. The van der Waals surface area contributed by atoms with Crippen molar-refractivity contribution in [1.29, 1.82) is 5.26 Å². The minimum Gasteiger partial charge on any atom is -0.326 e. The molecule has 0 atom stereocenters. The molecule has 0 N–H and O–H groups in total. The number of nitrogens with zero attached hydrogens (tertiary/aromatic N) is 4. The Bertz CT molecular complexity index is 676. The molecule has 2 heterocycles. The van der Waals surface area contributed by atoms with E-state index >= 15 is 0 Å². The van der Waals surface area contributed by atoms with Crippen molar-refractivity contribution in [2.75, 3.05) is 11.4 Å². The zero-order valence-corrected chi connectivity index (χ0v) is 11.3. The van der Waals surface area contributed by atoms with Crippen LogP contribution in [0, 0.1) is 11.3 Å². The maximum atomic E-state index is 8.92. The summed E-state index contributed by atoms with van der Waals surface area (Å²) in [7, 11) is 0. The number of nitriles is 1. The van der Waals surface area contributed by atoms with Gasteiger partial charge < -0.3 is 4.90 Å². The zero-order valence-electron chi connectivity index (χ0n) is 9.77. The summed E-state index contributed by atoms with van der Waals surface area (Å²) in [6, 6.07) is 9.40. The van der Waals surface area contributed by atoms with E-state index < -0.39 is 0 Å². The molecule has 0 radical (unpaired) electrons. The van der Waals surface area contributed by atoms with Gasteiger partial charge in [0.15, 0.2) is 0 Å². The Kier molecular flexibility index (Phi) is 3.02. The van der Waals surface area contributed by atoms with Gasteiger partial charge in [-0.3, -0.25) is 0 Å². The van der Waals surface area contributed by atoms with Crippen LogP contribution < -0.4 is 4.90 Å². The predicted molar refractivity (Wildman–Crippen MR) is 73.9 cm³/mol. The third-order valence-corrected chi connectivity index (χ3v) is 3.58. The average Bonchev–Trinajstić information content (AvgIpc) is 2.84. The van der Waals surface area contributed by atoms with E-state index in [4.69, 9.17) is 28.5 Å². The first-order valence-electron chi connectivity index (χ1n) is 5.68. The first-order chi connectivity index (χ1) is 9.19. The second kappa shape index (κ2) is 4.69. The maximum Gasteiger partial charge on any atom is 0.235 e. The molecule has 0 fully saturated rings. The van der Waals surface area contributed by atoms with E-state index in [0.29, 0.717) is 16.0 Å². The molecule has 0 saturated heterocycles. The van der Waals surface area contributed by atoms with Crippen LogP contribution in [0.1, 0.15) is 11.4 Å². The number of benzene rings is 1. The Balaban J connectivity index is 2.09. The van der Waals surface area contributed by atoms with Crippen molar-refractivity contribution in [3.05, 3.63) is 45.8 Å². The maximum absolute atomic E-state index is 8.92. The molecule has 2 aromatic rings. The molecule has 0 saturated carbocycles. The SMILES string of the molecule is N#Cc1nc(Cl)c2c(n1)N(c1ccc(Cl)cc1)CC2. The number of anilines is 2. The Morgan fingerprint density at radius 3 is 2.58 bits per heavy atom. The fraction of sp³-hybridized carbons (Fsp3) is 0.154. The highest BCUT2D eigenvalue weighted by Crippen LogP contribution is 2.36. The molecule has 4 nitrogen and oxygen atoms in total. The fourth-order valence-electron chi connectivity index (χ4n) is 2.14. The van der Waals surface area contributed by atoms with Crippen LogP contribution in [0.2, 0.25) is 10.2 Å². The molecule has 1 aliphatic heterocycles. The highest BCUT2D eigenvalue weighted by atomic mass is 35.5. The first-order valence-corrected chi connectivity index (χ1v) is 6.44. The fourth-order valence-corrected chi connectivity index (χ4v) is 2.52. The number of hydrogen-bond acceptors (Lipinski definition) is 4. The van der Waals surface area contributed by atoms with Gasteiger partial charge >= 0.3 is 0 Å². The first kappa shape index (κ1) is 12.2. The van der Waals surface area contributed by atoms with E-state index in [1.54, 1.807) is 0 Å². The number of fused-ring (bicyclic) bond motifs is 1. The Labute approximate surface area is 120 Å². The molecule has 0 aliphatic carbocycles. The van der Waals surface area contributed by atoms with E-state index in [1.165, 1.54) is 0 Å². The summed E-state index contributed by atoms with van der Waals surface area (Å²) < 4.78 is 0.